The van der Waals surface area contributed by atoms with E-state index in [4.69, 9.17) is 0 Å². The second-order valence-corrected chi connectivity index (χ2v) is 6.55. The van der Waals surface area contributed by atoms with E-state index in [2.05, 4.69) is 32.6 Å². The number of aromatic nitrogens is 2. The molecule has 0 aliphatic carbocycles. The molecule has 1 aliphatic rings. The lowest BCUT2D eigenvalue weighted by molar-refractivity contribution is 0.0696. The Balaban J connectivity index is 1.64. The van der Waals surface area contributed by atoms with Gasteiger partial charge in [-0.25, -0.2) is 0 Å². The van der Waals surface area contributed by atoms with Crippen molar-refractivity contribution >= 4 is 11.3 Å². The number of rotatable bonds is 4. The third-order valence-electron chi connectivity index (χ3n) is 4.19. The third-order valence-corrected chi connectivity index (χ3v) is 5.08. The van der Waals surface area contributed by atoms with Crippen LogP contribution in [0.4, 0.5) is 0 Å². The van der Waals surface area contributed by atoms with Crippen molar-refractivity contribution in [3.05, 3.63) is 29.3 Å². The molecule has 2 N–H and O–H groups in total. The summed E-state index contributed by atoms with van der Waals surface area (Å²) >= 11 is 1.74. The second-order valence-electron chi connectivity index (χ2n) is 5.60. The first-order chi connectivity index (χ1) is 9.74. The molecule has 2 aromatic rings. The van der Waals surface area contributed by atoms with Gasteiger partial charge in [0, 0.05) is 12.1 Å². The van der Waals surface area contributed by atoms with Crippen LogP contribution in [0, 0.1) is 5.92 Å². The van der Waals surface area contributed by atoms with Crippen molar-refractivity contribution in [1.82, 2.24) is 15.1 Å². The summed E-state index contributed by atoms with van der Waals surface area (Å²) in [7, 11) is 0. The van der Waals surface area contributed by atoms with E-state index in [-0.39, 0.29) is 6.10 Å². The molecule has 0 bridgehead atoms. The average molecular weight is 291 g/mol. The molecule has 2 aromatic heterocycles. The van der Waals surface area contributed by atoms with E-state index < -0.39 is 0 Å². The van der Waals surface area contributed by atoms with Gasteiger partial charge in [-0.2, -0.15) is 5.10 Å². The van der Waals surface area contributed by atoms with E-state index in [1.54, 1.807) is 11.3 Å². The van der Waals surface area contributed by atoms with Crippen LogP contribution in [0.2, 0.25) is 0 Å². The van der Waals surface area contributed by atoms with Gasteiger partial charge in [0.05, 0.1) is 22.9 Å². The van der Waals surface area contributed by atoms with E-state index in [9.17, 15) is 5.11 Å². The number of aliphatic hydroxyl groups excluding tert-OH is 1. The molecule has 4 nitrogen and oxygen atoms in total. The number of hydrogen-bond donors (Lipinski definition) is 2. The van der Waals surface area contributed by atoms with Crippen molar-refractivity contribution < 1.29 is 5.11 Å². The average Bonchev–Trinajstić information content (AvgIpc) is 3.09. The maximum Gasteiger partial charge on any atom is 0.0794 e. The molecular weight excluding hydrogens is 270 g/mol. The van der Waals surface area contributed by atoms with Crippen LogP contribution in [0.15, 0.2) is 23.7 Å². The molecular formula is C15H21N3OS. The summed E-state index contributed by atoms with van der Waals surface area (Å²) in [5, 5.41) is 19.1. The first kappa shape index (κ1) is 13.8. The Bertz CT molecular complexity index is 527. The van der Waals surface area contributed by atoms with Crippen molar-refractivity contribution in [2.45, 2.75) is 32.4 Å². The van der Waals surface area contributed by atoms with E-state index in [1.165, 1.54) is 10.4 Å². The third kappa shape index (κ3) is 2.95. The quantitative estimate of drug-likeness (QED) is 0.910. The van der Waals surface area contributed by atoms with Crippen LogP contribution in [0.1, 0.15) is 25.3 Å². The van der Waals surface area contributed by atoms with Crippen LogP contribution < -0.4 is 0 Å². The van der Waals surface area contributed by atoms with Gasteiger partial charge in [0.25, 0.3) is 0 Å². The number of piperidine rings is 1. The van der Waals surface area contributed by atoms with Gasteiger partial charge in [0.1, 0.15) is 0 Å². The van der Waals surface area contributed by atoms with Crippen LogP contribution in [-0.2, 0) is 6.54 Å². The standard InChI is InChI=1S/C15H21N3OS/c1-11(19)12-4-6-18(7-5-12)10-13-9-16-17-15(13)14-3-2-8-20-14/h2-3,8-9,11-12,19H,4-7,10H2,1H3,(H,16,17). The molecule has 1 unspecified atom stereocenters. The number of nitrogens with one attached hydrogen (secondary N) is 1. The number of aliphatic hydroxyl groups is 1. The van der Waals surface area contributed by atoms with Crippen LogP contribution in [0.3, 0.4) is 0 Å². The minimum Gasteiger partial charge on any atom is -0.393 e. The van der Waals surface area contributed by atoms with Gasteiger partial charge < -0.3 is 5.11 Å². The fourth-order valence-electron chi connectivity index (χ4n) is 2.90. The summed E-state index contributed by atoms with van der Waals surface area (Å²) in [6.45, 7) is 4.97. The molecule has 1 saturated heterocycles. The lowest BCUT2D eigenvalue weighted by atomic mass is 9.92. The molecule has 108 valence electrons. The lowest BCUT2D eigenvalue weighted by Gasteiger charge is -2.33. The van der Waals surface area contributed by atoms with Crippen LogP contribution in [-0.4, -0.2) is 39.4 Å². The summed E-state index contributed by atoms with van der Waals surface area (Å²) in [6.07, 6.45) is 3.94. The van der Waals surface area contributed by atoms with Gasteiger partial charge in [0.15, 0.2) is 0 Å². The second kappa shape index (κ2) is 6.08. The van der Waals surface area contributed by atoms with Crippen LogP contribution in [0.5, 0.6) is 0 Å². The number of H-pyrrole nitrogens is 1. The molecule has 5 heteroatoms. The lowest BCUT2D eigenvalue weighted by Crippen LogP contribution is -2.36. The fraction of sp³-hybridized carbons (Fsp3) is 0.533. The summed E-state index contributed by atoms with van der Waals surface area (Å²) in [6, 6.07) is 4.19. The first-order valence-electron chi connectivity index (χ1n) is 7.20. The molecule has 20 heavy (non-hydrogen) atoms. The highest BCUT2D eigenvalue weighted by molar-refractivity contribution is 7.13. The Morgan fingerprint density at radius 2 is 2.30 bits per heavy atom. The first-order valence-corrected chi connectivity index (χ1v) is 8.08. The van der Waals surface area contributed by atoms with E-state index >= 15 is 0 Å². The zero-order valence-electron chi connectivity index (χ0n) is 11.7. The van der Waals surface area contributed by atoms with E-state index in [0.29, 0.717) is 5.92 Å². The summed E-state index contributed by atoms with van der Waals surface area (Å²) in [4.78, 5) is 3.71. The number of hydrogen-bond acceptors (Lipinski definition) is 4. The number of nitrogens with zero attached hydrogens (tertiary/aromatic N) is 2. The topological polar surface area (TPSA) is 52.1 Å². The van der Waals surface area contributed by atoms with Gasteiger partial charge in [0.2, 0.25) is 0 Å². The molecule has 0 saturated carbocycles. The van der Waals surface area contributed by atoms with Crippen LogP contribution in [0.25, 0.3) is 10.6 Å². The van der Waals surface area contributed by atoms with Gasteiger partial charge in [-0.1, -0.05) is 6.07 Å². The van der Waals surface area contributed by atoms with E-state index in [1.807, 2.05) is 13.1 Å². The Hall–Kier alpha value is -1.17. The Kier molecular flexibility index (Phi) is 4.19. The zero-order chi connectivity index (χ0) is 13.9. The monoisotopic (exact) mass is 291 g/mol. The van der Waals surface area contributed by atoms with Gasteiger partial charge in [-0.15, -0.1) is 11.3 Å². The highest BCUT2D eigenvalue weighted by Gasteiger charge is 2.23. The predicted octanol–water partition coefficient (Wildman–Crippen LogP) is 2.73. The fourth-order valence-corrected chi connectivity index (χ4v) is 3.65. The zero-order valence-corrected chi connectivity index (χ0v) is 12.6. The maximum absolute atomic E-state index is 9.66. The van der Waals surface area contributed by atoms with E-state index in [0.717, 1.165) is 38.2 Å². The molecule has 0 spiro atoms. The van der Waals surface area contributed by atoms with Gasteiger partial charge in [-0.05, 0) is 50.2 Å². The molecule has 3 rings (SSSR count). The largest absolute Gasteiger partial charge is 0.393 e. The van der Waals surface area contributed by atoms with Crippen molar-refractivity contribution in [3.8, 4) is 10.6 Å². The number of likely N-dealkylation sites (tertiary alicyclic amines) is 1. The highest BCUT2D eigenvalue weighted by atomic mass is 32.1. The predicted molar refractivity (Wildman–Crippen MR) is 81.6 cm³/mol. The molecule has 0 radical (unpaired) electrons. The molecule has 3 heterocycles. The van der Waals surface area contributed by atoms with Crippen LogP contribution >= 0.6 is 11.3 Å². The summed E-state index contributed by atoms with van der Waals surface area (Å²) in [5.41, 5.74) is 2.42. The molecule has 0 aromatic carbocycles. The minimum atomic E-state index is -0.173. The summed E-state index contributed by atoms with van der Waals surface area (Å²) < 4.78 is 0. The Morgan fingerprint density at radius 1 is 1.50 bits per heavy atom. The Labute approximate surface area is 123 Å². The maximum atomic E-state index is 9.66. The summed E-state index contributed by atoms with van der Waals surface area (Å²) in [5.74, 6) is 0.465. The SMILES string of the molecule is CC(O)C1CCN(Cc2cn[nH]c2-c2cccs2)CC1. The number of aromatic amines is 1. The molecule has 0 amide bonds. The highest BCUT2D eigenvalue weighted by Crippen LogP contribution is 2.28. The van der Waals surface area contributed by atoms with Gasteiger partial charge >= 0.3 is 0 Å². The van der Waals surface area contributed by atoms with Gasteiger partial charge in [-0.3, -0.25) is 10.00 Å². The van der Waals surface area contributed by atoms with Crippen molar-refractivity contribution in [2.24, 2.45) is 5.92 Å². The molecule has 1 fully saturated rings. The minimum absolute atomic E-state index is 0.173. The normalized spacial score (nSPS) is 19.3. The van der Waals surface area contributed by atoms with Crippen molar-refractivity contribution in [3.63, 3.8) is 0 Å². The Morgan fingerprint density at radius 3 is 2.95 bits per heavy atom. The van der Waals surface area contributed by atoms with Crippen molar-refractivity contribution in [1.29, 1.82) is 0 Å². The number of thiophene rings is 1. The smallest absolute Gasteiger partial charge is 0.0794 e. The van der Waals surface area contributed by atoms with Crippen molar-refractivity contribution in [2.75, 3.05) is 13.1 Å². The molecule has 1 atom stereocenters. The molecule has 1 aliphatic heterocycles.